The van der Waals surface area contributed by atoms with Crippen molar-refractivity contribution in [2.24, 2.45) is 11.8 Å². The summed E-state index contributed by atoms with van der Waals surface area (Å²) in [5, 5.41) is 11.8. The third-order valence-electron chi connectivity index (χ3n) is 3.02. The maximum absolute atomic E-state index is 11.9. The van der Waals surface area contributed by atoms with Crippen LogP contribution in [0.15, 0.2) is 22.7 Å². The number of amides is 1. The number of rotatable bonds is 6. The zero-order valence-electron chi connectivity index (χ0n) is 11.9. The van der Waals surface area contributed by atoms with E-state index < -0.39 is 5.92 Å². The van der Waals surface area contributed by atoms with E-state index in [0.717, 1.165) is 15.8 Å². The van der Waals surface area contributed by atoms with Crippen molar-refractivity contribution < 1.29 is 9.53 Å². The SMILES string of the molecule is COc1ccc(Br)cc1CCNC(=O)C(C#N)C(C)C. The van der Waals surface area contributed by atoms with Crippen molar-refractivity contribution in [2.75, 3.05) is 13.7 Å². The predicted octanol–water partition coefficient (Wildman–Crippen LogP) is 2.91. The first-order valence-corrected chi connectivity index (χ1v) is 7.28. The van der Waals surface area contributed by atoms with E-state index in [2.05, 4.69) is 21.2 Å². The highest BCUT2D eigenvalue weighted by Gasteiger charge is 2.21. The number of ether oxygens (including phenoxy) is 1. The fraction of sp³-hybridized carbons (Fsp3) is 0.467. The zero-order chi connectivity index (χ0) is 15.1. The summed E-state index contributed by atoms with van der Waals surface area (Å²) in [4.78, 5) is 11.9. The van der Waals surface area contributed by atoms with Gasteiger partial charge in [0.2, 0.25) is 5.91 Å². The maximum atomic E-state index is 11.9. The van der Waals surface area contributed by atoms with Crippen molar-refractivity contribution in [2.45, 2.75) is 20.3 Å². The molecule has 1 rings (SSSR count). The smallest absolute Gasteiger partial charge is 0.237 e. The molecule has 1 unspecified atom stereocenters. The Labute approximate surface area is 128 Å². The highest BCUT2D eigenvalue weighted by molar-refractivity contribution is 9.10. The van der Waals surface area contributed by atoms with Gasteiger partial charge >= 0.3 is 0 Å². The van der Waals surface area contributed by atoms with Crippen molar-refractivity contribution in [1.82, 2.24) is 5.32 Å². The Balaban J connectivity index is 2.59. The topological polar surface area (TPSA) is 62.1 Å². The number of nitrogens with zero attached hydrogens (tertiary/aromatic N) is 1. The Morgan fingerprint density at radius 2 is 2.20 bits per heavy atom. The molecule has 1 amide bonds. The molecule has 0 heterocycles. The van der Waals surface area contributed by atoms with Crippen LogP contribution in [0.1, 0.15) is 19.4 Å². The molecule has 0 aliphatic heterocycles. The lowest BCUT2D eigenvalue weighted by atomic mass is 9.96. The summed E-state index contributed by atoms with van der Waals surface area (Å²) < 4.78 is 6.25. The Morgan fingerprint density at radius 3 is 2.75 bits per heavy atom. The van der Waals surface area contributed by atoms with Crippen LogP contribution in [0.25, 0.3) is 0 Å². The number of hydrogen-bond acceptors (Lipinski definition) is 3. The van der Waals surface area contributed by atoms with Gasteiger partial charge in [0.15, 0.2) is 0 Å². The second-order valence-corrected chi connectivity index (χ2v) is 5.76. The van der Waals surface area contributed by atoms with Crippen LogP contribution < -0.4 is 10.1 Å². The largest absolute Gasteiger partial charge is 0.496 e. The fourth-order valence-corrected chi connectivity index (χ4v) is 2.29. The molecule has 0 aliphatic rings. The predicted molar refractivity (Wildman–Crippen MR) is 81.3 cm³/mol. The lowest BCUT2D eigenvalue weighted by molar-refractivity contribution is -0.124. The summed E-state index contributed by atoms with van der Waals surface area (Å²) in [6, 6.07) is 7.80. The summed E-state index contributed by atoms with van der Waals surface area (Å²) in [7, 11) is 1.62. The van der Waals surface area contributed by atoms with Crippen molar-refractivity contribution in [1.29, 1.82) is 5.26 Å². The average Bonchev–Trinajstić information content (AvgIpc) is 2.39. The van der Waals surface area contributed by atoms with Crippen LogP contribution in [0.5, 0.6) is 5.75 Å². The molecule has 0 saturated heterocycles. The molecule has 1 atom stereocenters. The number of halogens is 1. The Morgan fingerprint density at radius 1 is 1.50 bits per heavy atom. The van der Waals surface area contributed by atoms with Crippen LogP contribution in [-0.2, 0) is 11.2 Å². The maximum Gasteiger partial charge on any atom is 0.237 e. The molecular weight excluding hydrogens is 320 g/mol. The van der Waals surface area contributed by atoms with Gasteiger partial charge in [0.05, 0.1) is 13.2 Å². The van der Waals surface area contributed by atoms with Crippen molar-refractivity contribution in [3.05, 3.63) is 28.2 Å². The van der Waals surface area contributed by atoms with E-state index in [0.29, 0.717) is 13.0 Å². The van der Waals surface area contributed by atoms with Gasteiger partial charge in [-0.2, -0.15) is 5.26 Å². The highest BCUT2D eigenvalue weighted by Crippen LogP contribution is 2.23. The van der Waals surface area contributed by atoms with E-state index in [9.17, 15) is 4.79 Å². The van der Waals surface area contributed by atoms with E-state index >= 15 is 0 Å². The molecule has 1 aromatic rings. The quantitative estimate of drug-likeness (QED) is 0.867. The molecule has 0 saturated carbocycles. The Bertz CT molecular complexity index is 509. The Kier molecular flexibility index (Phi) is 6.53. The average molecular weight is 339 g/mol. The Hall–Kier alpha value is -1.54. The number of nitrogens with one attached hydrogen (secondary N) is 1. The monoisotopic (exact) mass is 338 g/mol. The molecule has 5 heteroatoms. The van der Waals surface area contributed by atoms with Gasteiger partial charge in [0, 0.05) is 11.0 Å². The highest BCUT2D eigenvalue weighted by atomic mass is 79.9. The normalized spacial score (nSPS) is 11.8. The number of carbonyl (C=O) groups excluding carboxylic acids is 1. The summed E-state index contributed by atoms with van der Waals surface area (Å²) in [5.74, 6) is -0.000541. The van der Waals surface area contributed by atoms with Gasteiger partial charge in [0.25, 0.3) is 0 Å². The second-order valence-electron chi connectivity index (χ2n) is 4.85. The van der Waals surface area contributed by atoms with Crippen molar-refractivity contribution >= 4 is 21.8 Å². The van der Waals surface area contributed by atoms with Crippen molar-refractivity contribution in [3.63, 3.8) is 0 Å². The van der Waals surface area contributed by atoms with E-state index in [4.69, 9.17) is 10.00 Å². The van der Waals surface area contributed by atoms with Gasteiger partial charge in [-0.25, -0.2) is 0 Å². The van der Waals surface area contributed by atoms with Crippen LogP contribution in [-0.4, -0.2) is 19.6 Å². The van der Waals surface area contributed by atoms with Crippen LogP contribution >= 0.6 is 15.9 Å². The van der Waals surface area contributed by atoms with E-state index in [1.807, 2.05) is 38.1 Å². The third kappa shape index (κ3) is 4.53. The van der Waals surface area contributed by atoms with Crippen LogP contribution in [0.4, 0.5) is 0 Å². The summed E-state index contributed by atoms with van der Waals surface area (Å²) >= 11 is 3.41. The van der Waals surface area contributed by atoms with Crippen LogP contribution in [0.2, 0.25) is 0 Å². The van der Waals surface area contributed by atoms with E-state index in [-0.39, 0.29) is 11.8 Å². The molecule has 20 heavy (non-hydrogen) atoms. The first kappa shape index (κ1) is 16.5. The summed E-state index contributed by atoms with van der Waals surface area (Å²) in [6.45, 7) is 4.21. The number of nitriles is 1. The first-order chi connectivity index (χ1) is 9.49. The lowest BCUT2D eigenvalue weighted by Crippen LogP contribution is -2.34. The minimum absolute atomic E-state index is 0.0143. The number of benzene rings is 1. The van der Waals surface area contributed by atoms with Gasteiger partial charge in [0.1, 0.15) is 11.7 Å². The molecule has 0 radical (unpaired) electrons. The molecule has 0 fully saturated rings. The van der Waals surface area contributed by atoms with Gasteiger partial charge in [-0.3, -0.25) is 4.79 Å². The van der Waals surface area contributed by atoms with Gasteiger partial charge in [-0.15, -0.1) is 0 Å². The molecule has 0 aromatic heterocycles. The van der Waals surface area contributed by atoms with Gasteiger partial charge in [-0.05, 0) is 36.1 Å². The molecule has 0 spiro atoms. The standard InChI is InChI=1S/C15H19BrN2O2/c1-10(2)13(9-17)15(19)18-7-6-11-8-12(16)4-5-14(11)20-3/h4-5,8,10,13H,6-7H2,1-3H3,(H,18,19). The van der Waals surface area contributed by atoms with E-state index in [1.165, 1.54) is 0 Å². The minimum Gasteiger partial charge on any atom is -0.496 e. The summed E-state index contributed by atoms with van der Waals surface area (Å²) in [5.41, 5.74) is 1.01. The lowest BCUT2D eigenvalue weighted by Gasteiger charge is -2.14. The minimum atomic E-state index is -0.598. The molecule has 0 aliphatic carbocycles. The zero-order valence-corrected chi connectivity index (χ0v) is 13.5. The molecular formula is C15H19BrN2O2. The second kappa shape index (κ2) is 7.91. The van der Waals surface area contributed by atoms with E-state index in [1.54, 1.807) is 7.11 Å². The summed E-state index contributed by atoms with van der Waals surface area (Å²) in [6.07, 6.45) is 0.657. The number of hydrogen-bond donors (Lipinski definition) is 1. The molecule has 0 bridgehead atoms. The molecule has 1 aromatic carbocycles. The number of methoxy groups -OCH3 is 1. The van der Waals surface area contributed by atoms with Crippen molar-refractivity contribution in [3.8, 4) is 11.8 Å². The third-order valence-corrected chi connectivity index (χ3v) is 3.52. The van der Waals surface area contributed by atoms with Gasteiger partial charge in [-0.1, -0.05) is 29.8 Å². The molecule has 1 N–H and O–H groups in total. The molecule has 108 valence electrons. The fourth-order valence-electron chi connectivity index (χ4n) is 1.88. The van der Waals surface area contributed by atoms with Crippen LogP contribution in [0, 0.1) is 23.2 Å². The molecule has 4 nitrogen and oxygen atoms in total. The van der Waals surface area contributed by atoms with Gasteiger partial charge < -0.3 is 10.1 Å². The number of carbonyl (C=O) groups is 1. The van der Waals surface area contributed by atoms with Crippen LogP contribution in [0.3, 0.4) is 0 Å². The first-order valence-electron chi connectivity index (χ1n) is 6.49.